The first-order chi connectivity index (χ1) is 17.8. The fourth-order valence-electron chi connectivity index (χ4n) is 5.57. The number of hydrogen-bond acceptors (Lipinski definition) is 6. The fraction of sp³-hybridized carbons (Fsp3) is 0.379. The number of phenols is 1. The molecule has 2 fully saturated rings. The summed E-state index contributed by atoms with van der Waals surface area (Å²) in [6.07, 6.45) is 5.92. The number of aromatic amines is 1. The molecule has 2 aromatic heterocycles. The smallest absolute Gasteiger partial charge is 0.227 e. The van der Waals surface area contributed by atoms with Gasteiger partial charge in [-0.15, -0.1) is 0 Å². The number of nitrogens with zero attached hydrogens (tertiary/aromatic N) is 3. The van der Waals surface area contributed by atoms with Crippen molar-refractivity contribution in [2.45, 2.75) is 58.2 Å². The second-order valence-electron chi connectivity index (χ2n) is 10.8. The Hall–Kier alpha value is -3.13. The minimum atomic E-state index is 0.255. The number of phenolic OH excluding ortho intramolecular Hbond substituents is 1. The molecule has 3 heterocycles. The van der Waals surface area contributed by atoms with Crippen LogP contribution in [-0.2, 0) is 6.54 Å². The molecular formula is C29H33ClN6O. The van der Waals surface area contributed by atoms with Crippen LogP contribution in [-0.4, -0.2) is 50.1 Å². The maximum Gasteiger partial charge on any atom is 0.227 e. The zero-order valence-corrected chi connectivity index (χ0v) is 22.2. The van der Waals surface area contributed by atoms with Gasteiger partial charge in [-0.3, -0.25) is 4.90 Å². The molecule has 7 nitrogen and oxygen atoms in total. The Bertz CT molecular complexity index is 1450. The molecule has 0 spiro atoms. The summed E-state index contributed by atoms with van der Waals surface area (Å²) in [4.78, 5) is 15.0. The molecule has 1 saturated heterocycles. The molecule has 2 aromatic carbocycles. The highest BCUT2D eigenvalue weighted by Gasteiger charge is 2.27. The first-order valence-electron chi connectivity index (χ1n) is 13.1. The number of rotatable bonds is 6. The van der Waals surface area contributed by atoms with Gasteiger partial charge in [0.1, 0.15) is 5.75 Å². The van der Waals surface area contributed by atoms with Gasteiger partial charge in [-0.2, -0.15) is 0 Å². The summed E-state index contributed by atoms with van der Waals surface area (Å²) in [5.41, 5.74) is 6.62. The third-order valence-corrected chi connectivity index (χ3v) is 7.65. The van der Waals surface area contributed by atoms with E-state index in [0.717, 1.165) is 35.1 Å². The van der Waals surface area contributed by atoms with Gasteiger partial charge in [-0.1, -0.05) is 29.8 Å². The van der Waals surface area contributed by atoms with Crippen LogP contribution >= 0.6 is 11.6 Å². The molecule has 1 aliphatic heterocycles. The largest absolute Gasteiger partial charge is 0.505 e. The summed E-state index contributed by atoms with van der Waals surface area (Å²) < 4.78 is 0. The Morgan fingerprint density at radius 2 is 1.92 bits per heavy atom. The number of hydrogen-bond donors (Lipinski definition) is 4. The number of nitrogens with one attached hydrogen (secondary N) is 3. The molecule has 37 heavy (non-hydrogen) atoms. The average molecular weight is 517 g/mol. The SMILES string of the molecule is Cc1ccc2c(-c3nc(Nc4cc(C5CC5)cc(CN5C[C@@H](C)N[C@@H](C)C5)c4O)ncc3Cl)c[nH]c2c1. The minimum Gasteiger partial charge on any atom is -0.505 e. The van der Waals surface area contributed by atoms with Crippen molar-refractivity contribution >= 4 is 34.1 Å². The van der Waals surface area contributed by atoms with Crippen LogP contribution in [0.5, 0.6) is 5.75 Å². The molecular weight excluding hydrogens is 484 g/mol. The summed E-state index contributed by atoms with van der Waals surface area (Å²) in [7, 11) is 0. The Labute approximate surface area is 222 Å². The highest BCUT2D eigenvalue weighted by Crippen LogP contribution is 2.44. The number of piperazine rings is 1. The summed E-state index contributed by atoms with van der Waals surface area (Å²) in [6, 6.07) is 11.3. The van der Waals surface area contributed by atoms with E-state index in [9.17, 15) is 5.11 Å². The van der Waals surface area contributed by atoms with Crippen LogP contribution in [0.2, 0.25) is 5.02 Å². The van der Waals surface area contributed by atoms with Crippen molar-refractivity contribution < 1.29 is 5.11 Å². The normalized spacial score (nSPS) is 20.4. The van der Waals surface area contributed by atoms with Gasteiger partial charge < -0.3 is 20.7 Å². The van der Waals surface area contributed by atoms with E-state index in [4.69, 9.17) is 16.6 Å². The van der Waals surface area contributed by atoms with Crippen LogP contribution in [0.1, 0.15) is 49.3 Å². The number of aromatic hydroxyl groups is 1. The fourth-order valence-corrected chi connectivity index (χ4v) is 5.76. The minimum absolute atomic E-state index is 0.255. The molecule has 1 saturated carbocycles. The van der Waals surface area contributed by atoms with Crippen molar-refractivity contribution in [1.82, 2.24) is 25.2 Å². The third-order valence-electron chi connectivity index (χ3n) is 7.37. The standard InChI is InChI=1S/C29H33ClN6O/c1-16-4-7-22-23(11-31-25(22)8-16)27-24(30)12-32-29(35-27)34-26-10-20(19-5-6-19)9-21(28(26)37)15-36-13-17(2)33-18(3)14-36/h4,7-12,17-19,31,33,37H,5-6,13-15H2,1-3H3,(H,32,34,35)/t17-,18+. The molecule has 0 bridgehead atoms. The molecule has 6 rings (SSSR count). The number of halogens is 1. The highest BCUT2D eigenvalue weighted by molar-refractivity contribution is 6.33. The topological polar surface area (TPSA) is 89.1 Å². The quantitative estimate of drug-likeness (QED) is 0.232. The lowest BCUT2D eigenvalue weighted by Gasteiger charge is -2.36. The number of H-pyrrole nitrogens is 1. The Morgan fingerprint density at radius 1 is 1.14 bits per heavy atom. The molecule has 192 valence electrons. The molecule has 0 unspecified atom stereocenters. The lowest BCUT2D eigenvalue weighted by molar-refractivity contribution is 0.165. The van der Waals surface area contributed by atoms with Gasteiger partial charge in [0.15, 0.2) is 0 Å². The van der Waals surface area contributed by atoms with Crippen molar-refractivity contribution in [2.75, 3.05) is 18.4 Å². The van der Waals surface area contributed by atoms with E-state index in [0.29, 0.717) is 46.9 Å². The third kappa shape index (κ3) is 5.04. The van der Waals surface area contributed by atoms with E-state index >= 15 is 0 Å². The average Bonchev–Trinajstić information content (AvgIpc) is 3.62. The van der Waals surface area contributed by atoms with Gasteiger partial charge in [0.05, 0.1) is 22.6 Å². The van der Waals surface area contributed by atoms with Crippen LogP contribution in [0.3, 0.4) is 0 Å². The molecule has 2 aliphatic rings. The predicted molar refractivity (Wildman–Crippen MR) is 150 cm³/mol. The molecule has 2 atom stereocenters. The van der Waals surface area contributed by atoms with Crippen molar-refractivity contribution in [1.29, 1.82) is 0 Å². The number of benzene rings is 2. The lowest BCUT2D eigenvalue weighted by Crippen LogP contribution is -2.53. The van der Waals surface area contributed by atoms with Crippen LogP contribution in [0.25, 0.3) is 22.2 Å². The number of fused-ring (bicyclic) bond motifs is 1. The second kappa shape index (κ2) is 9.63. The van der Waals surface area contributed by atoms with E-state index in [2.05, 4.69) is 70.5 Å². The highest BCUT2D eigenvalue weighted by atomic mass is 35.5. The van der Waals surface area contributed by atoms with Gasteiger partial charge in [-0.25, -0.2) is 9.97 Å². The maximum absolute atomic E-state index is 11.3. The Morgan fingerprint density at radius 3 is 2.68 bits per heavy atom. The molecule has 8 heteroatoms. The van der Waals surface area contributed by atoms with Gasteiger partial charge in [0.2, 0.25) is 5.95 Å². The van der Waals surface area contributed by atoms with E-state index < -0.39 is 0 Å². The van der Waals surface area contributed by atoms with Gasteiger partial charge in [-0.05, 0) is 62.8 Å². The van der Waals surface area contributed by atoms with Crippen molar-refractivity contribution in [3.63, 3.8) is 0 Å². The zero-order valence-electron chi connectivity index (χ0n) is 21.5. The second-order valence-corrected chi connectivity index (χ2v) is 11.2. The number of aryl methyl sites for hydroxylation is 1. The number of anilines is 2. The van der Waals surface area contributed by atoms with Crippen LogP contribution in [0.4, 0.5) is 11.6 Å². The first-order valence-corrected chi connectivity index (χ1v) is 13.4. The van der Waals surface area contributed by atoms with Gasteiger partial charge in [0.25, 0.3) is 0 Å². The summed E-state index contributed by atoms with van der Waals surface area (Å²) in [5, 5.41) is 19.7. The molecule has 4 N–H and O–H groups in total. The van der Waals surface area contributed by atoms with E-state index in [1.54, 1.807) is 6.20 Å². The van der Waals surface area contributed by atoms with Gasteiger partial charge >= 0.3 is 0 Å². The summed E-state index contributed by atoms with van der Waals surface area (Å²) in [6.45, 7) is 9.10. The first kappa shape index (κ1) is 24.2. The van der Waals surface area contributed by atoms with Crippen LogP contribution in [0.15, 0.2) is 42.7 Å². The van der Waals surface area contributed by atoms with Crippen LogP contribution in [0, 0.1) is 6.92 Å². The number of aromatic nitrogens is 3. The molecule has 0 amide bonds. The van der Waals surface area contributed by atoms with Crippen molar-refractivity contribution in [3.8, 4) is 17.0 Å². The van der Waals surface area contributed by atoms with Crippen molar-refractivity contribution in [2.24, 2.45) is 0 Å². The van der Waals surface area contributed by atoms with E-state index in [1.165, 1.54) is 24.0 Å². The summed E-state index contributed by atoms with van der Waals surface area (Å²) in [5.74, 6) is 1.21. The van der Waals surface area contributed by atoms with E-state index in [-0.39, 0.29) is 5.75 Å². The van der Waals surface area contributed by atoms with Gasteiger partial charge in [0, 0.05) is 59.9 Å². The Balaban J connectivity index is 1.33. The zero-order chi connectivity index (χ0) is 25.7. The molecule has 0 radical (unpaired) electrons. The predicted octanol–water partition coefficient (Wildman–Crippen LogP) is 6.10. The molecule has 1 aliphatic carbocycles. The summed E-state index contributed by atoms with van der Waals surface area (Å²) >= 11 is 6.56. The van der Waals surface area contributed by atoms with E-state index in [1.807, 2.05) is 12.3 Å². The van der Waals surface area contributed by atoms with Crippen molar-refractivity contribution in [3.05, 3.63) is 64.4 Å². The molecule has 4 aromatic rings. The van der Waals surface area contributed by atoms with Crippen LogP contribution < -0.4 is 10.6 Å². The monoisotopic (exact) mass is 516 g/mol. The Kier molecular flexibility index (Phi) is 6.31. The lowest BCUT2D eigenvalue weighted by atomic mass is 10.0. The maximum atomic E-state index is 11.3.